The first-order chi connectivity index (χ1) is 24.0. The van der Waals surface area contributed by atoms with Crippen LogP contribution in [0.5, 0.6) is 5.75 Å². The Labute approximate surface area is 298 Å². The van der Waals surface area contributed by atoms with E-state index in [9.17, 15) is 27.6 Å². The minimum atomic E-state index is -4.50. The minimum absolute atomic E-state index is 0.0614. The number of methoxy groups -OCH3 is 1. The van der Waals surface area contributed by atoms with E-state index in [2.05, 4.69) is 26.4 Å². The lowest BCUT2D eigenvalue weighted by Crippen LogP contribution is -2.57. The standard InChI is InChI=1S/C35H48N6O9S/c1-19(2)15-26-35(45)38-27(16-24-9-11-25(48-8)12-10-24)34(44)36-23(7)33(43)39-28(20(3)4)17-41(18-30(42)37-26)51(46,47)31-14-13-29(49-31)32-21(5)22(6)40-50-32/h9-14,19-20,23,26-28H,15-18H2,1-8H3,(H,36,44)(H,37,42)(H,38,45)(H,39,43)/t23-,26+,27+,28-/m1/s1. The average Bonchev–Trinajstić information content (AvgIpc) is 3.69. The van der Waals surface area contributed by atoms with Crippen LogP contribution in [0.15, 0.2) is 50.4 Å². The molecule has 4 atom stereocenters. The molecule has 0 saturated carbocycles. The summed E-state index contributed by atoms with van der Waals surface area (Å²) in [4.78, 5) is 54.5. The van der Waals surface area contributed by atoms with Gasteiger partial charge in [0.05, 0.1) is 19.3 Å². The van der Waals surface area contributed by atoms with Gasteiger partial charge >= 0.3 is 0 Å². The van der Waals surface area contributed by atoms with Crippen LogP contribution in [0.25, 0.3) is 11.5 Å². The van der Waals surface area contributed by atoms with Crippen LogP contribution in [-0.4, -0.2) is 85.9 Å². The predicted molar refractivity (Wildman–Crippen MR) is 187 cm³/mol. The van der Waals surface area contributed by atoms with Crippen molar-refractivity contribution in [3.63, 3.8) is 0 Å². The van der Waals surface area contributed by atoms with Gasteiger partial charge in [0.25, 0.3) is 10.0 Å². The van der Waals surface area contributed by atoms with E-state index in [1.165, 1.54) is 26.2 Å². The second kappa shape index (κ2) is 16.5. The quantitative estimate of drug-likeness (QED) is 0.254. The lowest BCUT2D eigenvalue weighted by Gasteiger charge is -2.30. The number of carbonyl (C=O) groups excluding carboxylic acids is 4. The van der Waals surface area contributed by atoms with E-state index in [1.807, 2.05) is 13.8 Å². The normalized spacial score (nSPS) is 21.8. The number of benzene rings is 1. The van der Waals surface area contributed by atoms with Crippen LogP contribution in [0.2, 0.25) is 0 Å². The zero-order valence-corrected chi connectivity index (χ0v) is 31.1. The van der Waals surface area contributed by atoms with E-state index in [0.29, 0.717) is 22.6 Å². The highest BCUT2D eigenvalue weighted by atomic mass is 32.2. The second-order valence-corrected chi connectivity index (χ2v) is 15.5. The predicted octanol–water partition coefficient (Wildman–Crippen LogP) is 2.47. The third-order valence-corrected chi connectivity index (χ3v) is 10.4. The fourth-order valence-electron chi connectivity index (χ4n) is 5.51. The molecule has 1 aliphatic heterocycles. The summed E-state index contributed by atoms with van der Waals surface area (Å²) in [5.41, 5.74) is 2.00. The van der Waals surface area contributed by atoms with Crippen molar-refractivity contribution in [1.29, 1.82) is 0 Å². The first kappa shape index (κ1) is 39.1. The van der Waals surface area contributed by atoms with Gasteiger partial charge in [-0.3, -0.25) is 19.2 Å². The maximum Gasteiger partial charge on any atom is 0.277 e. The number of hydrogen-bond donors (Lipinski definition) is 4. The van der Waals surface area contributed by atoms with Gasteiger partial charge in [0.1, 0.15) is 23.9 Å². The second-order valence-electron chi connectivity index (χ2n) is 13.6. The van der Waals surface area contributed by atoms with E-state index in [1.54, 1.807) is 52.0 Å². The van der Waals surface area contributed by atoms with Crippen molar-refractivity contribution < 1.29 is 41.3 Å². The number of furan rings is 1. The van der Waals surface area contributed by atoms with Crippen molar-refractivity contribution in [2.75, 3.05) is 20.2 Å². The van der Waals surface area contributed by atoms with E-state index >= 15 is 0 Å². The first-order valence-corrected chi connectivity index (χ1v) is 18.3. The Hall–Kier alpha value is -4.70. The SMILES string of the molecule is COc1ccc(C[C@@H]2NC(=O)[C@H](CC(C)C)NC(=O)CN(S(=O)(=O)c3ccc(-c4onc(C)c4C)o3)C[C@H](C(C)C)NC(=O)[C@@H](C)NC2=O)cc1. The number of carbonyl (C=O) groups is 4. The highest BCUT2D eigenvalue weighted by molar-refractivity contribution is 7.89. The topological polar surface area (TPSA) is 202 Å². The molecule has 1 aliphatic rings. The molecule has 0 spiro atoms. The molecule has 1 aromatic carbocycles. The number of aromatic nitrogens is 1. The summed E-state index contributed by atoms with van der Waals surface area (Å²) in [5, 5.41) is 14.4. The van der Waals surface area contributed by atoms with Crippen LogP contribution in [0.4, 0.5) is 0 Å². The van der Waals surface area contributed by atoms with Gasteiger partial charge < -0.3 is 34.9 Å². The summed E-state index contributed by atoms with van der Waals surface area (Å²) in [7, 11) is -2.96. The summed E-state index contributed by atoms with van der Waals surface area (Å²) < 4.78 is 45.5. The van der Waals surface area contributed by atoms with Crippen LogP contribution >= 0.6 is 0 Å². The van der Waals surface area contributed by atoms with E-state index < -0.39 is 69.5 Å². The summed E-state index contributed by atoms with van der Waals surface area (Å²) in [6, 6.07) is 5.60. The highest BCUT2D eigenvalue weighted by Gasteiger charge is 2.36. The molecule has 4 N–H and O–H groups in total. The van der Waals surface area contributed by atoms with Crippen LogP contribution in [-0.2, 0) is 35.6 Å². The number of sulfonamides is 1. The number of rotatable bonds is 9. The van der Waals surface area contributed by atoms with Gasteiger partial charge in [-0.25, -0.2) is 8.42 Å². The molecule has 278 valence electrons. The number of nitrogens with one attached hydrogen (secondary N) is 4. The molecule has 0 unspecified atom stereocenters. The number of hydrogen-bond acceptors (Lipinski definition) is 10. The van der Waals surface area contributed by atoms with E-state index in [-0.39, 0.29) is 42.7 Å². The monoisotopic (exact) mass is 728 g/mol. The van der Waals surface area contributed by atoms with Gasteiger partial charge in [0.15, 0.2) is 5.76 Å². The third-order valence-electron chi connectivity index (χ3n) is 8.75. The van der Waals surface area contributed by atoms with Crippen molar-refractivity contribution in [3.8, 4) is 17.3 Å². The van der Waals surface area contributed by atoms with Gasteiger partial charge in [-0.05, 0) is 68.9 Å². The largest absolute Gasteiger partial charge is 0.497 e. The molecule has 0 bridgehead atoms. The number of amides is 4. The summed E-state index contributed by atoms with van der Waals surface area (Å²) in [6.07, 6.45) is 0.279. The molecule has 4 rings (SSSR count). The van der Waals surface area contributed by atoms with Crippen LogP contribution < -0.4 is 26.0 Å². The van der Waals surface area contributed by atoms with Gasteiger partial charge in [-0.1, -0.05) is 45.0 Å². The number of ether oxygens (including phenoxy) is 1. The van der Waals surface area contributed by atoms with Crippen molar-refractivity contribution in [2.24, 2.45) is 11.8 Å². The Morgan fingerprint density at radius 1 is 0.902 bits per heavy atom. The Balaban J connectivity index is 1.71. The molecule has 3 aromatic rings. The molecule has 0 aliphatic carbocycles. The first-order valence-electron chi connectivity index (χ1n) is 16.9. The fourth-order valence-corrected chi connectivity index (χ4v) is 6.85. The summed E-state index contributed by atoms with van der Waals surface area (Å²) in [6.45, 7) is 11.3. The zero-order chi connectivity index (χ0) is 37.6. The fraction of sp³-hybridized carbons (Fsp3) is 0.514. The Morgan fingerprint density at radius 2 is 1.57 bits per heavy atom. The maximum absolute atomic E-state index is 14.1. The molecule has 0 radical (unpaired) electrons. The molecule has 51 heavy (non-hydrogen) atoms. The summed E-state index contributed by atoms with van der Waals surface area (Å²) >= 11 is 0. The Morgan fingerprint density at radius 3 is 2.16 bits per heavy atom. The molecule has 4 amide bonds. The number of nitrogens with zero attached hydrogens (tertiary/aromatic N) is 2. The third kappa shape index (κ3) is 9.76. The lowest BCUT2D eigenvalue weighted by molar-refractivity contribution is -0.133. The maximum atomic E-state index is 14.1. The van der Waals surface area contributed by atoms with Crippen molar-refractivity contribution in [1.82, 2.24) is 30.7 Å². The average molecular weight is 729 g/mol. The Bertz CT molecular complexity index is 1820. The molecule has 1 saturated heterocycles. The van der Waals surface area contributed by atoms with Crippen LogP contribution in [0, 0.1) is 25.7 Å². The molecular formula is C35H48N6O9S. The molecule has 3 heterocycles. The van der Waals surface area contributed by atoms with E-state index in [4.69, 9.17) is 13.7 Å². The highest BCUT2D eigenvalue weighted by Crippen LogP contribution is 2.30. The zero-order valence-electron chi connectivity index (χ0n) is 30.2. The summed E-state index contributed by atoms with van der Waals surface area (Å²) in [5.74, 6) is -1.95. The van der Waals surface area contributed by atoms with Gasteiger partial charge in [-0.15, -0.1) is 0 Å². The van der Waals surface area contributed by atoms with Gasteiger partial charge in [-0.2, -0.15) is 4.31 Å². The van der Waals surface area contributed by atoms with Crippen LogP contribution in [0.1, 0.15) is 57.9 Å². The van der Waals surface area contributed by atoms with Crippen molar-refractivity contribution in [2.45, 2.75) is 90.6 Å². The van der Waals surface area contributed by atoms with Crippen molar-refractivity contribution >= 4 is 33.7 Å². The molecule has 16 heteroatoms. The van der Waals surface area contributed by atoms with Gasteiger partial charge in [0.2, 0.25) is 34.5 Å². The Kier molecular flexibility index (Phi) is 12.7. The lowest BCUT2D eigenvalue weighted by atomic mass is 10.0. The van der Waals surface area contributed by atoms with E-state index in [0.717, 1.165) is 4.31 Å². The molecular weight excluding hydrogens is 680 g/mol. The minimum Gasteiger partial charge on any atom is -0.497 e. The van der Waals surface area contributed by atoms with Crippen molar-refractivity contribution in [3.05, 3.63) is 53.2 Å². The number of aryl methyl sites for hydroxylation is 1. The van der Waals surface area contributed by atoms with Gasteiger partial charge in [0, 0.05) is 24.6 Å². The smallest absolute Gasteiger partial charge is 0.277 e. The molecule has 2 aromatic heterocycles. The van der Waals surface area contributed by atoms with Crippen LogP contribution in [0.3, 0.4) is 0 Å². The molecule has 15 nitrogen and oxygen atoms in total. The molecule has 1 fully saturated rings.